The Morgan fingerprint density at radius 2 is 1.85 bits per heavy atom. The van der Waals surface area contributed by atoms with E-state index in [9.17, 15) is 18.3 Å². The highest BCUT2D eigenvalue weighted by Gasteiger charge is 2.36. The van der Waals surface area contributed by atoms with E-state index in [0.29, 0.717) is 0 Å². The summed E-state index contributed by atoms with van der Waals surface area (Å²) in [6.45, 7) is 4.04. The lowest BCUT2D eigenvalue weighted by atomic mass is 9.80. The Hall–Kier alpha value is -1.15. The van der Waals surface area contributed by atoms with Crippen LogP contribution < -0.4 is 4.72 Å². The summed E-state index contributed by atoms with van der Waals surface area (Å²) in [6, 6.07) is 3.64. The maximum atomic E-state index is 12.8. The van der Waals surface area contributed by atoms with Crippen molar-refractivity contribution >= 4 is 27.6 Å². The number of benzene rings is 1. The first-order valence-corrected chi connectivity index (χ1v) is 11.4. The van der Waals surface area contributed by atoms with E-state index in [1.54, 1.807) is 0 Å². The van der Waals surface area contributed by atoms with Crippen LogP contribution in [0.25, 0.3) is 0 Å². The summed E-state index contributed by atoms with van der Waals surface area (Å²) in [7, 11) is -3.92. The van der Waals surface area contributed by atoms with E-state index in [4.69, 9.17) is 11.6 Å². The largest absolute Gasteiger partial charge is 0.478 e. The van der Waals surface area contributed by atoms with Crippen molar-refractivity contribution in [1.29, 1.82) is 0 Å². The van der Waals surface area contributed by atoms with Gasteiger partial charge in [0.15, 0.2) is 0 Å². The molecule has 2 N–H and O–H groups in total. The molecule has 3 rings (SSSR count). The number of carboxylic acid groups (broad SMARTS) is 1. The molecule has 1 aromatic carbocycles. The molecule has 0 aromatic heterocycles. The summed E-state index contributed by atoms with van der Waals surface area (Å²) in [6.07, 6.45) is 7.69. The third-order valence-electron chi connectivity index (χ3n) is 5.97. The molecule has 0 radical (unpaired) electrons. The number of likely N-dealkylation sites (tertiary alicyclic amines) is 1. The molecule has 8 heteroatoms. The molecule has 150 valence electrons. The summed E-state index contributed by atoms with van der Waals surface area (Å²) in [5, 5.41) is 9.50. The number of carbonyl (C=O) groups is 1. The number of nitrogens with zero attached hydrogens (tertiary/aromatic N) is 1. The molecule has 1 saturated carbocycles. The number of piperidine rings is 1. The van der Waals surface area contributed by atoms with Crippen molar-refractivity contribution in [3.63, 3.8) is 0 Å². The van der Waals surface area contributed by atoms with Gasteiger partial charge < -0.3 is 5.11 Å². The molecule has 1 aliphatic carbocycles. The molecule has 1 saturated heterocycles. The van der Waals surface area contributed by atoms with Gasteiger partial charge >= 0.3 is 5.97 Å². The second-order valence-electron chi connectivity index (χ2n) is 7.89. The van der Waals surface area contributed by atoms with E-state index < -0.39 is 16.0 Å². The Balaban J connectivity index is 1.67. The Labute approximate surface area is 165 Å². The van der Waals surface area contributed by atoms with Crippen LogP contribution in [0.4, 0.5) is 0 Å². The summed E-state index contributed by atoms with van der Waals surface area (Å²) in [4.78, 5) is 13.7. The molecule has 0 amide bonds. The van der Waals surface area contributed by atoms with Gasteiger partial charge in [0, 0.05) is 29.7 Å². The fraction of sp³-hybridized carbons (Fsp3) is 0.632. The van der Waals surface area contributed by atoms with Crippen LogP contribution in [0, 0.1) is 0 Å². The Kier molecular flexibility index (Phi) is 6.15. The minimum absolute atomic E-state index is 0.184. The van der Waals surface area contributed by atoms with Gasteiger partial charge in [-0.05, 0) is 50.8 Å². The monoisotopic (exact) mass is 414 g/mol. The number of aromatic carboxylic acids is 1. The Morgan fingerprint density at radius 1 is 1.22 bits per heavy atom. The predicted octanol–water partition coefficient (Wildman–Crippen LogP) is 3.50. The van der Waals surface area contributed by atoms with Crippen LogP contribution in [-0.2, 0) is 10.0 Å². The van der Waals surface area contributed by atoms with E-state index in [0.717, 1.165) is 25.9 Å². The first kappa shape index (κ1) is 20.6. The van der Waals surface area contributed by atoms with Crippen molar-refractivity contribution in [2.24, 2.45) is 0 Å². The smallest absolute Gasteiger partial charge is 0.337 e. The first-order valence-electron chi connectivity index (χ1n) is 9.51. The van der Waals surface area contributed by atoms with E-state index in [1.165, 1.54) is 50.3 Å². The fourth-order valence-corrected chi connectivity index (χ4v) is 6.01. The van der Waals surface area contributed by atoms with Crippen LogP contribution in [0.2, 0.25) is 5.02 Å². The van der Waals surface area contributed by atoms with Crippen LogP contribution in [0.3, 0.4) is 0 Å². The van der Waals surface area contributed by atoms with Crippen molar-refractivity contribution in [1.82, 2.24) is 9.62 Å². The molecule has 0 unspecified atom stereocenters. The van der Waals surface area contributed by atoms with Crippen molar-refractivity contribution < 1.29 is 18.3 Å². The average Bonchev–Trinajstić information content (AvgIpc) is 2.62. The lowest BCUT2D eigenvalue weighted by Crippen LogP contribution is -2.54. The average molecular weight is 415 g/mol. The van der Waals surface area contributed by atoms with Gasteiger partial charge in [-0.25, -0.2) is 17.9 Å². The van der Waals surface area contributed by atoms with Gasteiger partial charge in [0.25, 0.3) is 0 Å². The standard InChI is InChI=1S/C19H27ClN2O4S/c1-19(9-3-2-4-10-19)22-11-7-15(8-12-22)21-27(25,26)17-6-5-14(20)13-16(17)18(23)24/h5-6,13,15,21H,2-4,7-12H2,1H3,(H,23,24). The van der Waals surface area contributed by atoms with Crippen LogP contribution in [-0.4, -0.2) is 49.1 Å². The summed E-state index contributed by atoms with van der Waals surface area (Å²) < 4.78 is 28.2. The predicted molar refractivity (Wildman–Crippen MR) is 105 cm³/mol. The second-order valence-corrected chi connectivity index (χ2v) is 10.0. The van der Waals surface area contributed by atoms with E-state index in [2.05, 4.69) is 16.5 Å². The summed E-state index contributed by atoms with van der Waals surface area (Å²) in [5.41, 5.74) is -0.0727. The lowest BCUT2D eigenvalue weighted by Gasteiger charge is -2.47. The Bertz CT molecular complexity index is 798. The second kappa shape index (κ2) is 8.07. The molecule has 2 aliphatic rings. The SMILES string of the molecule is CC1(N2CCC(NS(=O)(=O)c3ccc(Cl)cc3C(=O)O)CC2)CCCCC1. The highest BCUT2D eigenvalue weighted by molar-refractivity contribution is 7.89. The molecular formula is C19H27ClN2O4S. The minimum Gasteiger partial charge on any atom is -0.478 e. The highest BCUT2D eigenvalue weighted by Crippen LogP contribution is 2.35. The molecule has 1 heterocycles. The third-order valence-corrected chi connectivity index (χ3v) is 7.79. The Morgan fingerprint density at radius 3 is 2.44 bits per heavy atom. The van der Waals surface area contributed by atoms with Crippen LogP contribution in [0.15, 0.2) is 23.1 Å². The van der Waals surface area contributed by atoms with Crippen LogP contribution in [0.5, 0.6) is 0 Å². The molecule has 0 bridgehead atoms. The first-order chi connectivity index (χ1) is 12.7. The third kappa shape index (κ3) is 4.65. The van der Waals surface area contributed by atoms with Gasteiger partial charge in [-0.3, -0.25) is 4.90 Å². The van der Waals surface area contributed by atoms with Crippen molar-refractivity contribution in [2.45, 2.75) is 68.3 Å². The molecule has 0 atom stereocenters. The zero-order chi connectivity index (χ0) is 19.7. The number of nitrogens with one attached hydrogen (secondary N) is 1. The maximum absolute atomic E-state index is 12.8. The molecule has 27 heavy (non-hydrogen) atoms. The zero-order valence-electron chi connectivity index (χ0n) is 15.6. The van der Waals surface area contributed by atoms with Crippen molar-refractivity contribution in [3.8, 4) is 0 Å². The number of rotatable bonds is 5. The van der Waals surface area contributed by atoms with Gasteiger partial charge in [0.2, 0.25) is 10.0 Å². The number of halogens is 1. The fourth-order valence-electron chi connectivity index (χ4n) is 4.35. The van der Waals surface area contributed by atoms with E-state index >= 15 is 0 Å². The molecular weight excluding hydrogens is 388 g/mol. The van der Waals surface area contributed by atoms with Gasteiger partial charge in [0.1, 0.15) is 0 Å². The summed E-state index contributed by atoms with van der Waals surface area (Å²) >= 11 is 5.82. The quantitative estimate of drug-likeness (QED) is 0.769. The molecule has 2 fully saturated rings. The highest BCUT2D eigenvalue weighted by atomic mass is 35.5. The zero-order valence-corrected chi connectivity index (χ0v) is 17.2. The lowest BCUT2D eigenvalue weighted by molar-refractivity contribution is 0.0424. The van der Waals surface area contributed by atoms with Gasteiger partial charge in [-0.15, -0.1) is 0 Å². The van der Waals surface area contributed by atoms with Crippen molar-refractivity contribution in [3.05, 3.63) is 28.8 Å². The minimum atomic E-state index is -3.92. The molecule has 1 aromatic rings. The van der Waals surface area contributed by atoms with Crippen LogP contribution in [0.1, 0.15) is 62.2 Å². The normalized spacial score (nSPS) is 21.9. The maximum Gasteiger partial charge on any atom is 0.337 e. The summed E-state index contributed by atoms with van der Waals surface area (Å²) in [5.74, 6) is -1.31. The number of sulfonamides is 1. The molecule has 6 nitrogen and oxygen atoms in total. The van der Waals surface area contributed by atoms with Crippen molar-refractivity contribution in [2.75, 3.05) is 13.1 Å². The van der Waals surface area contributed by atoms with E-state index in [-0.39, 0.29) is 27.1 Å². The molecule has 1 aliphatic heterocycles. The van der Waals surface area contributed by atoms with E-state index in [1.807, 2.05) is 0 Å². The number of hydrogen-bond donors (Lipinski definition) is 2. The van der Waals surface area contributed by atoms with Crippen LogP contribution >= 0.6 is 11.6 Å². The number of carboxylic acids is 1. The number of hydrogen-bond acceptors (Lipinski definition) is 4. The van der Waals surface area contributed by atoms with Gasteiger partial charge in [-0.1, -0.05) is 30.9 Å². The topological polar surface area (TPSA) is 86.7 Å². The van der Waals surface area contributed by atoms with Gasteiger partial charge in [-0.2, -0.15) is 0 Å². The molecule has 0 spiro atoms. The van der Waals surface area contributed by atoms with Gasteiger partial charge in [0.05, 0.1) is 10.5 Å².